The Bertz CT molecular complexity index is 782. The van der Waals surface area contributed by atoms with Crippen molar-refractivity contribution in [1.82, 2.24) is 0 Å². The van der Waals surface area contributed by atoms with Crippen molar-refractivity contribution in [2.24, 2.45) is 51.8 Å². The lowest BCUT2D eigenvalue weighted by Crippen LogP contribution is -2.53. The van der Waals surface area contributed by atoms with Gasteiger partial charge in [0.25, 0.3) is 0 Å². The lowest BCUT2D eigenvalue weighted by atomic mass is 9.45. The van der Waals surface area contributed by atoms with Crippen LogP contribution in [0.5, 0.6) is 0 Å². The molecule has 0 unspecified atom stereocenters. The number of hydrogen-bond donors (Lipinski definition) is 1. The van der Waals surface area contributed by atoms with E-state index in [0.717, 1.165) is 6.42 Å². The molecule has 4 aliphatic carbocycles. The van der Waals surface area contributed by atoms with Crippen LogP contribution < -0.4 is 0 Å². The average Bonchev–Trinajstić information content (AvgIpc) is 3.06. The highest BCUT2D eigenvalue weighted by molar-refractivity contribution is 5.39. The summed E-state index contributed by atoms with van der Waals surface area (Å²) in [5.41, 5.74) is 4.30. The van der Waals surface area contributed by atoms with Crippen LogP contribution in [0.2, 0.25) is 0 Å². The van der Waals surface area contributed by atoms with Crippen LogP contribution in [0.1, 0.15) is 93.9 Å². The van der Waals surface area contributed by atoms with Gasteiger partial charge in [-0.05, 0) is 84.4 Å². The number of aliphatic hydroxyl groups excluding tert-OH is 1. The summed E-state index contributed by atoms with van der Waals surface area (Å²) in [6.45, 7) is 19.2. The highest BCUT2D eigenvalue weighted by Gasteiger charge is 2.58. The van der Waals surface area contributed by atoms with Crippen molar-refractivity contribution in [3.63, 3.8) is 0 Å². The molecule has 0 bridgehead atoms. The maximum absolute atomic E-state index is 10.8. The van der Waals surface area contributed by atoms with Crippen LogP contribution in [0.4, 0.5) is 0 Å². The number of rotatable bonds is 4. The van der Waals surface area contributed by atoms with E-state index in [2.05, 4.69) is 79.7 Å². The fourth-order valence-electron chi connectivity index (χ4n) is 8.27. The first-order valence-corrected chi connectivity index (χ1v) is 13.2. The molecule has 4 rings (SSSR count). The summed E-state index contributed by atoms with van der Waals surface area (Å²) in [5, 5.41) is 10.8. The maximum atomic E-state index is 10.8. The van der Waals surface area contributed by atoms with Gasteiger partial charge in [0.2, 0.25) is 0 Å². The van der Waals surface area contributed by atoms with Crippen molar-refractivity contribution < 1.29 is 5.11 Å². The van der Waals surface area contributed by atoms with Gasteiger partial charge >= 0.3 is 0 Å². The second-order valence-corrected chi connectivity index (χ2v) is 13.1. The maximum Gasteiger partial charge on any atom is 0.0594 e. The van der Waals surface area contributed by atoms with Gasteiger partial charge in [0.05, 0.1) is 6.10 Å². The molecule has 31 heavy (non-hydrogen) atoms. The molecule has 0 aromatic rings. The fraction of sp³-hybridized carbons (Fsp3) is 0.800. The van der Waals surface area contributed by atoms with Crippen LogP contribution in [0.25, 0.3) is 0 Å². The third kappa shape index (κ3) is 3.53. The van der Waals surface area contributed by atoms with Crippen LogP contribution in [0, 0.1) is 51.8 Å². The Morgan fingerprint density at radius 1 is 0.935 bits per heavy atom. The lowest BCUT2D eigenvalue weighted by Gasteiger charge is -2.60. The third-order valence-electron chi connectivity index (χ3n) is 10.9. The zero-order valence-electron chi connectivity index (χ0n) is 21.5. The molecule has 1 N–H and O–H groups in total. The predicted molar refractivity (Wildman–Crippen MR) is 133 cm³/mol. The zero-order chi connectivity index (χ0) is 22.8. The highest BCUT2D eigenvalue weighted by atomic mass is 16.3. The van der Waals surface area contributed by atoms with Gasteiger partial charge in [-0.3, -0.25) is 0 Å². The number of aliphatic hydroxyl groups is 1. The van der Waals surface area contributed by atoms with E-state index in [1.807, 2.05) is 0 Å². The minimum absolute atomic E-state index is 0.0345. The normalized spacial score (nSPS) is 43.7. The molecule has 4 aliphatic rings. The summed E-state index contributed by atoms with van der Waals surface area (Å²) in [6, 6.07) is 0. The molecule has 1 nitrogen and oxygen atoms in total. The number of fused-ring (bicyclic) bond motifs is 4. The monoisotopic (exact) mass is 424 g/mol. The molecular weight excluding hydrogens is 376 g/mol. The molecule has 8 atom stereocenters. The van der Waals surface area contributed by atoms with Crippen LogP contribution in [0.15, 0.2) is 35.5 Å². The fourth-order valence-corrected chi connectivity index (χ4v) is 8.27. The summed E-state index contributed by atoms with van der Waals surface area (Å²) in [5.74, 6) is 3.86. The molecule has 1 fully saturated rings. The Labute approximate surface area is 192 Å². The molecule has 0 radical (unpaired) electrons. The second kappa shape index (κ2) is 7.89. The van der Waals surface area contributed by atoms with Crippen molar-refractivity contribution in [1.29, 1.82) is 0 Å². The minimum atomic E-state index is -0.141. The molecule has 1 saturated carbocycles. The minimum Gasteiger partial charge on any atom is -0.393 e. The first kappa shape index (κ1) is 23.3. The molecule has 0 saturated heterocycles. The van der Waals surface area contributed by atoms with Crippen LogP contribution in [0.3, 0.4) is 0 Å². The molecule has 0 spiro atoms. The van der Waals surface area contributed by atoms with Crippen LogP contribution >= 0.6 is 0 Å². The van der Waals surface area contributed by atoms with Gasteiger partial charge in [0.15, 0.2) is 0 Å². The van der Waals surface area contributed by atoms with E-state index in [4.69, 9.17) is 0 Å². The largest absolute Gasteiger partial charge is 0.393 e. The first-order chi connectivity index (χ1) is 14.4. The Balaban J connectivity index is 1.61. The van der Waals surface area contributed by atoms with Crippen molar-refractivity contribution in [3.8, 4) is 0 Å². The number of hydrogen-bond acceptors (Lipinski definition) is 1. The summed E-state index contributed by atoms with van der Waals surface area (Å²) >= 11 is 0. The summed E-state index contributed by atoms with van der Waals surface area (Å²) in [7, 11) is 0. The molecule has 1 heteroatoms. The highest BCUT2D eigenvalue weighted by Crippen LogP contribution is 2.66. The summed E-state index contributed by atoms with van der Waals surface area (Å²) < 4.78 is 0. The SMILES string of the molecule is CC(C)[C@@H](C)/C=C/[C@@H](C)[C@H]1C=C[C@@H]2C3=C(CC[C@@]21C)[C@@]1(C)CC[C@H](O)C(C)(C)[C@@H]1CC3. The Hall–Kier alpha value is -0.820. The van der Waals surface area contributed by atoms with Gasteiger partial charge in [0, 0.05) is 5.92 Å². The van der Waals surface area contributed by atoms with Gasteiger partial charge in [0.1, 0.15) is 0 Å². The topological polar surface area (TPSA) is 20.2 Å². The third-order valence-corrected chi connectivity index (χ3v) is 10.9. The van der Waals surface area contributed by atoms with Gasteiger partial charge in [-0.15, -0.1) is 0 Å². The van der Waals surface area contributed by atoms with Gasteiger partial charge < -0.3 is 5.11 Å². The van der Waals surface area contributed by atoms with Crippen molar-refractivity contribution in [2.45, 2.75) is 100 Å². The zero-order valence-corrected chi connectivity index (χ0v) is 21.5. The molecule has 0 aromatic heterocycles. The van der Waals surface area contributed by atoms with E-state index in [1.54, 1.807) is 11.1 Å². The van der Waals surface area contributed by atoms with E-state index in [-0.39, 0.29) is 11.5 Å². The molecule has 0 aromatic carbocycles. The molecule has 0 amide bonds. The standard InChI is InChI=1S/C30H48O/c1-19(2)20(3)9-10-21(4)23-12-13-24-22-11-14-26-28(5,6)27(31)16-18-30(26,8)25(22)15-17-29(23,24)7/h9-10,12-13,19-21,23-24,26-27,31H,11,14-18H2,1-8H3/b10-9+/t20-,21+,23+,24+,26-,27-,29+,30+/m0/s1. The van der Waals surface area contributed by atoms with E-state index in [9.17, 15) is 5.11 Å². The average molecular weight is 425 g/mol. The van der Waals surface area contributed by atoms with Gasteiger partial charge in [-0.1, -0.05) is 90.8 Å². The van der Waals surface area contributed by atoms with Gasteiger partial charge in [-0.25, -0.2) is 0 Å². The lowest BCUT2D eigenvalue weighted by molar-refractivity contribution is -0.0926. The smallest absolute Gasteiger partial charge is 0.0594 e. The van der Waals surface area contributed by atoms with Crippen LogP contribution in [-0.4, -0.2) is 11.2 Å². The molecular formula is C30H48O. The van der Waals surface area contributed by atoms with E-state index in [0.29, 0.717) is 46.3 Å². The van der Waals surface area contributed by atoms with Crippen LogP contribution in [-0.2, 0) is 0 Å². The Kier molecular flexibility index (Phi) is 5.94. The van der Waals surface area contributed by atoms with E-state index < -0.39 is 0 Å². The van der Waals surface area contributed by atoms with E-state index in [1.165, 1.54) is 32.1 Å². The molecule has 0 heterocycles. The predicted octanol–water partition coefficient (Wildman–Crippen LogP) is 7.97. The van der Waals surface area contributed by atoms with Crippen molar-refractivity contribution in [2.75, 3.05) is 0 Å². The van der Waals surface area contributed by atoms with Gasteiger partial charge in [-0.2, -0.15) is 0 Å². The molecule has 0 aliphatic heterocycles. The summed E-state index contributed by atoms with van der Waals surface area (Å²) in [4.78, 5) is 0. The molecule has 174 valence electrons. The Morgan fingerprint density at radius 3 is 2.32 bits per heavy atom. The first-order valence-electron chi connectivity index (χ1n) is 13.2. The van der Waals surface area contributed by atoms with Crippen molar-refractivity contribution >= 4 is 0 Å². The Morgan fingerprint density at radius 2 is 1.65 bits per heavy atom. The van der Waals surface area contributed by atoms with Crippen molar-refractivity contribution in [3.05, 3.63) is 35.5 Å². The summed E-state index contributed by atoms with van der Waals surface area (Å²) in [6.07, 6.45) is 17.3. The van der Waals surface area contributed by atoms with E-state index >= 15 is 0 Å². The number of allylic oxidation sites excluding steroid dienone is 6. The quantitative estimate of drug-likeness (QED) is 0.454. The second-order valence-electron chi connectivity index (χ2n) is 13.1.